The SMILES string of the molecule is O=C(c1ccncc1)N1CCN(c2nc3cccnc3n(Cc3ccccc3)c2=O)CC1. The Morgan fingerprint density at radius 2 is 1.62 bits per heavy atom. The van der Waals surface area contributed by atoms with Crippen LogP contribution in [-0.2, 0) is 6.54 Å². The van der Waals surface area contributed by atoms with E-state index in [2.05, 4.69) is 15.0 Å². The first kappa shape index (κ1) is 19.9. The van der Waals surface area contributed by atoms with Gasteiger partial charge in [-0.1, -0.05) is 30.3 Å². The summed E-state index contributed by atoms with van der Waals surface area (Å²) in [6.07, 6.45) is 4.91. The molecule has 0 bridgehead atoms. The summed E-state index contributed by atoms with van der Waals surface area (Å²) in [6.45, 7) is 2.54. The maximum atomic E-state index is 13.5. The fraction of sp³-hybridized carbons (Fsp3) is 0.208. The van der Waals surface area contributed by atoms with Gasteiger partial charge in [-0.3, -0.25) is 19.1 Å². The molecule has 0 aliphatic carbocycles. The summed E-state index contributed by atoms with van der Waals surface area (Å²) in [6, 6.07) is 17.0. The van der Waals surface area contributed by atoms with Gasteiger partial charge in [-0.25, -0.2) is 9.97 Å². The maximum Gasteiger partial charge on any atom is 0.295 e. The summed E-state index contributed by atoms with van der Waals surface area (Å²) in [4.78, 5) is 43.0. The lowest BCUT2D eigenvalue weighted by Gasteiger charge is -2.35. The minimum Gasteiger partial charge on any atom is -0.348 e. The molecule has 1 aliphatic rings. The molecule has 0 saturated carbocycles. The predicted octanol–water partition coefficient (Wildman–Crippen LogP) is 2.20. The molecule has 0 N–H and O–H groups in total. The zero-order valence-electron chi connectivity index (χ0n) is 17.5. The Morgan fingerprint density at radius 1 is 0.875 bits per heavy atom. The third-order valence-electron chi connectivity index (χ3n) is 5.66. The molecule has 0 atom stereocenters. The van der Waals surface area contributed by atoms with Crippen LogP contribution in [0.4, 0.5) is 5.82 Å². The highest BCUT2D eigenvalue weighted by molar-refractivity contribution is 5.94. The van der Waals surface area contributed by atoms with E-state index in [1.807, 2.05) is 47.4 Å². The van der Waals surface area contributed by atoms with E-state index in [1.165, 1.54) is 0 Å². The summed E-state index contributed by atoms with van der Waals surface area (Å²) in [7, 11) is 0. The number of carbonyl (C=O) groups excluding carboxylic acids is 1. The van der Waals surface area contributed by atoms with Gasteiger partial charge < -0.3 is 9.80 Å². The monoisotopic (exact) mass is 426 g/mol. The quantitative estimate of drug-likeness (QED) is 0.497. The van der Waals surface area contributed by atoms with Gasteiger partial charge in [0.15, 0.2) is 11.5 Å². The Hall–Kier alpha value is -4.07. The molecule has 32 heavy (non-hydrogen) atoms. The van der Waals surface area contributed by atoms with Gasteiger partial charge >= 0.3 is 0 Å². The van der Waals surface area contributed by atoms with E-state index in [9.17, 15) is 9.59 Å². The van der Waals surface area contributed by atoms with Gasteiger partial charge in [0.1, 0.15) is 5.52 Å². The highest BCUT2D eigenvalue weighted by atomic mass is 16.2. The number of fused-ring (bicyclic) bond motifs is 1. The second-order valence-electron chi connectivity index (χ2n) is 7.67. The third-order valence-corrected chi connectivity index (χ3v) is 5.66. The Labute approximate surface area is 184 Å². The molecule has 0 spiro atoms. The zero-order chi connectivity index (χ0) is 21.9. The third kappa shape index (κ3) is 3.82. The fourth-order valence-corrected chi connectivity index (χ4v) is 3.98. The molecule has 1 fully saturated rings. The first-order valence-corrected chi connectivity index (χ1v) is 10.5. The van der Waals surface area contributed by atoms with Crippen LogP contribution in [0.2, 0.25) is 0 Å². The number of rotatable bonds is 4. The minimum absolute atomic E-state index is 0.0239. The second kappa shape index (κ2) is 8.58. The number of hydrogen-bond donors (Lipinski definition) is 0. The summed E-state index contributed by atoms with van der Waals surface area (Å²) in [5, 5.41) is 0. The Kier molecular flexibility index (Phi) is 5.33. The molecule has 160 valence electrons. The summed E-state index contributed by atoms with van der Waals surface area (Å²) < 4.78 is 1.68. The van der Waals surface area contributed by atoms with Crippen LogP contribution in [0, 0.1) is 0 Å². The molecule has 4 aromatic rings. The van der Waals surface area contributed by atoms with Crippen molar-refractivity contribution in [1.29, 1.82) is 0 Å². The maximum absolute atomic E-state index is 13.5. The van der Waals surface area contributed by atoms with Crippen molar-refractivity contribution in [3.63, 3.8) is 0 Å². The van der Waals surface area contributed by atoms with Gasteiger partial charge in [0.05, 0.1) is 6.54 Å². The minimum atomic E-state index is -0.172. The van der Waals surface area contributed by atoms with Crippen LogP contribution in [0.25, 0.3) is 11.2 Å². The molecule has 1 saturated heterocycles. The molecular formula is C24H22N6O2. The highest BCUT2D eigenvalue weighted by Gasteiger charge is 2.25. The highest BCUT2D eigenvalue weighted by Crippen LogP contribution is 2.17. The number of piperazine rings is 1. The summed E-state index contributed by atoms with van der Waals surface area (Å²) >= 11 is 0. The van der Waals surface area contributed by atoms with Crippen LogP contribution in [-0.4, -0.2) is 56.5 Å². The van der Waals surface area contributed by atoms with Crippen molar-refractivity contribution < 1.29 is 4.79 Å². The van der Waals surface area contributed by atoms with Crippen molar-refractivity contribution in [2.45, 2.75) is 6.54 Å². The molecule has 8 nitrogen and oxygen atoms in total. The number of nitrogens with zero attached hydrogens (tertiary/aromatic N) is 6. The van der Waals surface area contributed by atoms with Crippen molar-refractivity contribution in [2.24, 2.45) is 0 Å². The van der Waals surface area contributed by atoms with Crippen LogP contribution < -0.4 is 10.5 Å². The van der Waals surface area contributed by atoms with Crippen molar-refractivity contribution in [3.05, 3.63) is 94.7 Å². The predicted molar refractivity (Wildman–Crippen MR) is 122 cm³/mol. The Balaban J connectivity index is 1.43. The van der Waals surface area contributed by atoms with E-state index in [-0.39, 0.29) is 11.5 Å². The molecule has 5 rings (SSSR count). The Morgan fingerprint density at radius 3 is 2.38 bits per heavy atom. The Bertz CT molecular complexity index is 1300. The normalized spacial score (nSPS) is 14.0. The number of aromatic nitrogens is 4. The van der Waals surface area contributed by atoms with Crippen LogP contribution in [0.15, 0.2) is 78.0 Å². The van der Waals surface area contributed by atoms with Gasteiger partial charge in [-0.2, -0.15) is 0 Å². The first-order chi connectivity index (χ1) is 15.7. The van der Waals surface area contributed by atoms with Crippen molar-refractivity contribution in [3.8, 4) is 0 Å². The van der Waals surface area contributed by atoms with Gasteiger partial charge in [0.2, 0.25) is 0 Å². The fourth-order valence-electron chi connectivity index (χ4n) is 3.98. The van der Waals surface area contributed by atoms with E-state index in [1.54, 1.807) is 40.2 Å². The second-order valence-corrected chi connectivity index (χ2v) is 7.67. The average Bonchev–Trinajstić information content (AvgIpc) is 2.86. The van der Waals surface area contributed by atoms with Crippen LogP contribution in [0.1, 0.15) is 15.9 Å². The molecule has 4 heterocycles. The van der Waals surface area contributed by atoms with Crippen molar-refractivity contribution >= 4 is 22.9 Å². The lowest BCUT2D eigenvalue weighted by molar-refractivity contribution is 0.0746. The topological polar surface area (TPSA) is 84.2 Å². The molecule has 1 amide bonds. The van der Waals surface area contributed by atoms with Crippen molar-refractivity contribution in [1.82, 2.24) is 24.4 Å². The van der Waals surface area contributed by atoms with Gasteiger partial charge in [-0.15, -0.1) is 0 Å². The largest absolute Gasteiger partial charge is 0.348 e. The van der Waals surface area contributed by atoms with Crippen LogP contribution in [0.3, 0.4) is 0 Å². The molecule has 8 heteroatoms. The molecule has 1 aliphatic heterocycles. The molecule has 0 unspecified atom stereocenters. The lowest BCUT2D eigenvalue weighted by Crippen LogP contribution is -2.50. The van der Waals surface area contributed by atoms with Gasteiger partial charge in [0.25, 0.3) is 11.5 Å². The van der Waals surface area contributed by atoms with Gasteiger partial charge in [0, 0.05) is 50.3 Å². The number of anilines is 1. The van der Waals surface area contributed by atoms with Crippen LogP contribution >= 0.6 is 0 Å². The smallest absolute Gasteiger partial charge is 0.295 e. The standard InChI is InChI=1S/C24H22N6O2/c31-23(19-8-11-25-12-9-19)29-15-13-28(14-16-29)22-24(32)30(17-18-5-2-1-3-6-18)21-20(27-22)7-4-10-26-21/h1-12H,13-17H2. The van der Waals surface area contributed by atoms with E-state index in [4.69, 9.17) is 0 Å². The number of benzene rings is 1. The first-order valence-electron chi connectivity index (χ1n) is 10.5. The van der Waals surface area contributed by atoms with Gasteiger partial charge in [-0.05, 0) is 29.8 Å². The van der Waals surface area contributed by atoms with E-state index < -0.39 is 0 Å². The summed E-state index contributed by atoms with van der Waals surface area (Å²) in [5.74, 6) is 0.377. The number of pyridine rings is 2. The molecule has 1 aromatic carbocycles. The summed E-state index contributed by atoms with van der Waals surface area (Å²) in [5.41, 5.74) is 2.71. The van der Waals surface area contributed by atoms with E-state index in [0.717, 1.165) is 5.56 Å². The molecular weight excluding hydrogens is 404 g/mol. The average molecular weight is 426 g/mol. The molecule has 3 aromatic heterocycles. The van der Waals surface area contributed by atoms with Crippen molar-refractivity contribution in [2.75, 3.05) is 31.1 Å². The number of hydrogen-bond acceptors (Lipinski definition) is 6. The van der Waals surface area contributed by atoms with E-state index >= 15 is 0 Å². The lowest BCUT2D eigenvalue weighted by atomic mass is 10.2. The number of carbonyl (C=O) groups is 1. The zero-order valence-corrected chi connectivity index (χ0v) is 17.5. The molecule has 0 radical (unpaired) electrons. The van der Waals surface area contributed by atoms with Crippen LogP contribution in [0.5, 0.6) is 0 Å². The van der Waals surface area contributed by atoms with E-state index in [0.29, 0.717) is 55.3 Å². The number of amides is 1.